The molecule has 2 aromatic carbocycles. The third-order valence-electron chi connectivity index (χ3n) is 5.41. The number of ketones is 1. The maximum atomic E-state index is 12.8. The van der Waals surface area contributed by atoms with Gasteiger partial charge in [0.1, 0.15) is 5.75 Å². The third kappa shape index (κ3) is 3.27. The summed E-state index contributed by atoms with van der Waals surface area (Å²) in [4.78, 5) is 29.8. The lowest BCUT2D eigenvalue weighted by Crippen LogP contribution is -2.32. The van der Waals surface area contributed by atoms with E-state index in [4.69, 9.17) is 4.74 Å². The van der Waals surface area contributed by atoms with Crippen LogP contribution in [0.2, 0.25) is 0 Å². The summed E-state index contributed by atoms with van der Waals surface area (Å²) in [6.07, 6.45) is 2.54. The maximum absolute atomic E-state index is 12.8. The number of hydrogen-bond acceptors (Lipinski definition) is 4. The zero-order valence-electron chi connectivity index (χ0n) is 16.3. The highest BCUT2D eigenvalue weighted by Gasteiger charge is 2.42. The standard InChI is InChI=1S/C23H22N2O4/c1-14(26)20-21(15-7-9-17(29-2)10-8-15)25(23(28)22(20)27)12-11-16-13-24-19-6-4-3-5-18(16)19/h3-10,13,21,24,27H,11-12H2,1-2H3/t21-/m1/s1. The SMILES string of the molecule is COc1ccc([C@@H]2C(C(C)=O)=C(O)C(=O)N2CCc2c[nH]c3ccccc23)cc1. The molecule has 0 bridgehead atoms. The van der Waals surface area contributed by atoms with Crippen molar-refractivity contribution in [2.45, 2.75) is 19.4 Å². The van der Waals surface area contributed by atoms with Crippen molar-refractivity contribution in [1.29, 1.82) is 0 Å². The summed E-state index contributed by atoms with van der Waals surface area (Å²) >= 11 is 0. The van der Waals surface area contributed by atoms with Crippen molar-refractivity contribution in [2.75, 3.05) is 13.7 Å². The van der Waals surface area contributed by atoms with Crippen molar-refractivity contribution in [2.24, 2.45) is 0 Å². The number of H-pyrrole nitrogens is 1. The molecule has 0 saturated heterocycles. The first-order valence-electron chi connectivity index (χ1n) is 9.45. The molecule has 0 aliphatic carbocycles. The second kappa shape index (κ2) is 7.47. The Morgan fingerprint density at radius 1 is 1.17 bits per heavy atom. The highest BCUT2D eigenvalue weighted by atomic mass is 16.5. The van der Waals surface area contributed by atoms with Gasteiger partial charge in [-0.15, -0.1) is 0 Å². The molecule has 1 amide bonds. The molecule has 0 radical (unpaired) electrons. The minimum absolute atomic E-state index is 0.138. The normalized spacial score (nSPS) is 16.7. The van der Waals surface area contributed by atoms with Crippen molar-refractivity contribution in [1.82, 2.24) is 9.88 Å². The predicted molar refractivity (Wildman–Crippen MR) is 110 cm³/mol. The number of methoxy groups -OCH3 is 1. The number of rotatable bonds is 6. The molecular formula is C23H22N2O4. The molecule has 4 rings (SSSR count). The van der Waals surface area contributed by atoms with E-state index < -0.39 is 17.7 Å². The second-order valence-electron chi connectivity index (χ2n) is 7.10. The number of fused-ring (bicyclic) bond motifs is 1. The van der Waals surface area contributed by atoms with Crippen LogP contribution in [-0.2, 0) is 16.0 Å². The van der Waals surface area contributed by atoms with Gasteiger partial charge in [0.05, 0.1) is 18.7 Å². The molecule has 0 unspecified atom stereocenters. The molecule has 3 aromatic rings. The van der Waals surface area contributed by atoms with Gasteiger partial charge in [-0.25, -0.2) is 0 Å². The number of aromatic nitrogens is 1. The van der Waals surface area contributed by atoms with Gasteiger partial charge in [-0.3, -0.25) is 9.59 Å². The summed E-state index contributed by atoms with van der Waals surface area (Å²) in [7, 11) is 1.58. The van der Waals surface area contributed by atoms with E-state index in [0.717, 1.165) is 22.0 Å². The second-order valence-corrected chi connectivity index (χ2v) is 7.10. The van der Waals surface area contributed by atoms with Crippen LogP contribution in [-0.4, -0.2) is 40.3 Å². The number of amides is 1. The molecule has 1 atom stereocenters. The number of nitrogens with zero attached hydrogens (tertiary/aromatic N) is 1. The van der Waals surface area contributed by atoms with Crippen LogP contribution >= 0.6 is 0 Å². The van der Waals surface area contributed by atoms with Gasteiger partial charge in [0.15, 0.2) is 11.5 Å². The van der Waals surface area contributed by atoms with Crippen LogP contribution in [0.3, 0.4) is 0 Å². The van der Waals surface area contributed by atoms with Gasteiger partial charge in [0.2, 0.25) is 0 Å². The van der Waals surface area contributed by atoms with E-state index >= 15 is 0 Å². The molecule has 2 N–H and O–H groups in total. The minimum Gasteiger partial charge on any atom is -0.503 e. The van der Waals surface area contributed by atoms with Crippen LogP contribution in [0.15, 0.2) is 66.1 Å². The molecular weight excluding hydrogens is 368 g/mol. The van der Waals surface area contributed by atoms with Crippen molar-refractivity contribution in [3.05, 3.63) is 77.2 Å². The summed E-state index contributed by atoms with van der Waals surface area (Å²) < 4.78 is 5.20. The third-order valence-corrected chi connectivity index (χ3v) is 5.41. The Labute approximate surface area is 168 Å². The van der Waals surface area contributed by atoms with E-state index in [0.29, 0.717) is 18.7 Å². The van der Waals surface area contributed by atoms with Crippen LogP contribution in [0.1, 0.15) is 24.1 Å². The average molecular weight is 390 g/mol. The first kappa shape index (κ1) is 18.8. The fourth-order valence-corrected chi connectivity index (χ4v) is 3.96. The first-order valence-corrected chi connectivity index (χ1v) is 9.45. The maximum Gasteiger partial charge on any atom is 0.290 e. The summed E-state index contributed by atoms with van der Waals surface area (Å²) in [5, 5.41) is 11.5. The number of aliphatic hydroxyl groups is 1. The van der Waals surface area contributed by atoms with E-state index in [-0.39, 0.29) is 11.4 Å². The molecule has 1 aliphatic heterocycles. The van der Waals surface area contributed by atoms with Gasteiger partial charge in [0, 0.05) is 23.6 Å². The predicted octanol–water partition coefficient (Wildman–Crippen LogP) is 3.70. The number of para-hydroxylation sites is 1. The largest absolute Gasteiger partial charge is 0.503 e. The molecule has 6 nitrogen and oxygen atoms in total. The van der Waals surface area contributed by atoms with Crippen molar-refractivity contribution in [3.63, 3.8) is 0 Å². The summed E-state index contributed by atoms with van der Waals surface area (Å²) in [5.74, 6) is -0.611. The van der Waals surface area contributed by atoms with E-state index in [1.807, 2.05) is 42.6 Å². The van der Waals surface area contributed by atoms with Crippen molar-refractivity contribution in [3.8, 4) is 5.75 Å². The van der Waals surface area contributed by atoms with Crippen LogP contribution in [0.25, 0.3) is 10.9 Å². The quantitative estimate of drug-likeness (QED) is 0.672. The van der Waals surface area contributed by atoms with E-state index in [9.17, 15) is 14.7 Å². The molecule has 2 heterocycles. The molecule has 148 valence electrons. The van der Waals surface area contributed by atoms with Gasteiger partial charge in [-0.1, -0.05) is 30.3 Å². The molecule has 0 fully saturated rings. The lowest BCUT2D eigenvalue weighted by atomic mass is 9.96. The van der Waals surface area contributed by atoms with E-state index in [1.165, 1.54) is 6.92 Å². The van der Waals surface area contributed by atoms with Crippen LogP contribution in [0.4, 0.5) is 0 Å². The number of aromatic amines is 1. The summed E-state index contributed by atoms with van der Waals surface area (Å²) in [6, 6.07) is 14.6. The molecule has 6 heteroatoms. The van der Waals surface area contributed by atoms with Gasteiger partial charge in [-0.05, 0) is 42.7 Å². The Bertz CT molecular complexity index is 1110. The number of benzene rings is 2. The topological polar surface area (TPSA) is 82.6 Å². The Hall–Kier alpha value is -3.54. The highest BCUT2D eigenvalue weighted by Crippen LogP contribution is 2.38. The Kier molecular flexibility index (Phi) is 4.84. The lowest BCUT2D eigenvalue weighted by molar-refractivity contribution is -0.129. The number of Topliss-reactive ketones (excluding diaryl/α,β-unsaturated/α-hetero) is 1. The Morgan fingerprint density at radius 2 is 1.90 bits per heavy atom. The minimum atomic E-state index is -0.615. The fourth-order valence-electron chi connectivity index (χ4n) is 3.96. The smallest absolute Gasteiger partial charge is 0.290 e. The molecule has 0 saturated carbocycles. The van der Waals surface area contributed by atoms with Gasteiger partial charge >= 0.3 is 0 Å². The van der Waals surface area contributed by atoms with Gasteiger partial charge < -0.3 is 19.7 Å². The van der Waals surface area contributed by atoms with Gasteiger partial charge in [0.25, 0.3) is 5.91 Å². The summed E-state index contributed by atoms with van der Waals surface area (Å²) in [6.45, 7) is 1.75. The Balaban J connectivity index is 1.66. The van der Waals surface area contributed by atoms with Gasteiger partial charge in [-0.2, -0.15) is 0 Å². The zero-order chi connectivity index (χ0) is 20.5. The van der Waals surface area contributed by atoms with E-state index in [2.05, 4.69) is 4.98 Å². The van der Waals surface area contributed by atoms with E-state index in [1.54, 1.807) is 24.1 Å². The number of hydrogen-bond donors (Lipinski definition) is 2. The number of carbonyl (C=O) groups excluding carboxylic acids is 2. The van der Waals surface area contributed by atoms with Crippen LogP contribution < -0.4 is 4.74 Å². The number of carbonyl (C=O) groups is 2. The van der Waals surface area contributed by atoms with Crippen molar-refractivity contribution >= 4 is 22.6 Å². The van der Waals surface area contributed by atoms with Crippen LogP contribution in [0, 0.1) is 0 Å². The summed E-state index contributed by atoms with van der Waals surface area (Å²) in [5.41, 5.74) is 3.01. The number of ether oxygens (including phenoxy) is 1. The molecule has 29 heavy (non-hydrogen) atoms. The molecule has 1 aliphatic rings. The zero-order valence-corrected chi connectivity index (χ0v) is 16.3. The average Bonchev–Trinajstić information content (AvgIpc) is 3.25. The number of nitrogens with one attached hydrogen (secondary N) is 1. The number of aliphatic hydroxyl groups excluding tert-OH is 1. The molecule has 1 aromatic heterocycles. The van der Waals surface area contributed by atoms with Crippen LogP contribution in [0.5, 0.6) is 5.75 Å². The lowest BCUT2D eigenvalue weighted by Gasteiger charge is -2.26. The first-order chi connectivity index (χ1) is 14.0. The highest BCUT2D eigenvalue weighted by molar-refractivity contribution is 6.08. The Morgan fingerprint density at radius 3 is 2.59 bits per heavy atom. The molecule has 0 spiro atoms. The monoisotopic (exact) mass is 390 g/mol. The fraction of sp³-hybridized carbons (Fsp3) is 0.217. The van der Waals surface area contributed by atoms with Crippen molar-refractivity contribution < 1.29 is 19.4 Å².